The van der Waals surface area contributed by atoms with Crippen molar-refractivity contribution in [2.45, 2.75) is 33.2 Å². The Kier molecular flexibility index (Phi) is 4.36. The van der Waals surface area contributed by atoms with E-state index in [0.29, 0.717) is 31.0 Å². The highest BCUT2D eigenvalue weighted by Gasteiger charge is 2.37. The van der Waals surface area contributed by atoms with Gasteiger partial charge in [0.1, 0.15) is 5.82 Å². The highest BCUT2D eigenvalue weighted by Crippen LogP contribution is 2.27. The molecule has 0 spiro atoms. The summed E-state index contributed by atoms with van der Waals surface area (Å²) in [6, 6.07) is 0. The zero-order valence-corrected chi connectivity index (χ0v) is 12.2. The van der Waals surface area contributed by atoms with E-state index in [2.05, 4.69) is 15.5 Å². The fourth-order valence-corrected chi connectivity index (χ4v) is 2.49. The van der Waals surface area contributed by atoms with Gasteiger partial charge in [0, 0.05) is 26.1 Å². The van der Waals surface area contributed by atoms with Crippen LogP contribution in [0.25, 0.3) is 0 Å². The Morgan fingerprint density at radius 2 is 2.47 bits per heavy atom. The van der Waals surface area contributed by atoms with Crippen molar-refractivity contribution in [3.05, 3.63) is 10.6 Å². The van der Waals surface area contributed by atoms with Crippen molar-refractivity contribution in [3.8, 4) is 0 Å². The smallest absolute Gasteiger partial charge is 0.228 e. The lowest BCUT2D eigenvalue weighted by molar-refractivity contribution is -0.130. The van der Waals surface area contributed by atoms with Crippen molar-refractivity contribution in [1.82, 2.24) is 20.1 Å². The summed E-state index contributed by atoms with van der Waals surface area (Å²) in [5, 5.41) is 9.89. The molecule has 1 fully saturated rings. The Hall–Kier alpha value is -1.21. The third-order valence-electron chi connectivity index (χ3n) is 3.55. The molecule has 1 aromatic rings. The first-order chi connectivity index (χ1) is 9.07. The Morgan fingerprint density at radius 1 is 1.68 bits per heavy atom. The van der Waals surface area contributed by atoms with Crippen molar-refractivity contribution >= 4 is 18.1 Å². The van der Waals surface area contributed by atoms with Crippen LogP contribution in [-0.4, -0.2) is 40.4 Å². The molecule has 2 rings (SSSR count). The van der Waals surface area contributed by atoms with Gasteiger partial charge in [-0.05, 0) is 32.5 Å². The third kappa shape index (κ3) is 3.03. The molecule has 2 N–H and O–H groups in total. The second-order valence-corrected chi connectivity index (χ2v) is 5.45. The molecule has 1 saturated heterocycles. The van der Waals surface area contributed by atoms with E-state index in [9.17, 15) is 4.79 Å². The number of nitrogens with zero attached hydrogens (tertiary/aromatic N) is 2. The molecule has 19 heavy (non-hydrogen) atoms. The molecule has 0 bridgehead atoms. The van der Waals surface area contributed by atoms with Crippen LogP contribution in [0.5, 0.6) is 0 Å². The number of nitrogens with one attached hydrogen (secondary N) is 2. The van der Waals surface area contributed by atoms with Gasteiger partial charge < -0.3 is 14.6 Å². The van der Waals surface area contributed by atoms with Crippen LogP contribution in [-0.2, 0) is 22.5 Å². The van der Waals surface area contributed by atoms with Gasteiger partial charge in [-0.2, -0.15) is 5.10 Å². The van der Waals surface area contributed by atoms with E-state index >= 15 is 0 Å². The molecule has 7 heteroatoms. The molecule has 0 unspecified atom stereocenters. The minimum atomic E-state index is -0.379. The SMILES string of the molecule is CCn1c(CCNC(=O)[C@]2(C)CCOC2)n[nH]c1=S. The molecular weight excluding hydrogens is 264 g/mol. The van der Waals surface area contributed by atoms with Crippen LogP contribution < -0.4 is 5.32 Å². The van der Waals surface area contributed by atoms with Crippen molar-refractivity contribution in [2.24, 2.45) is 5.41 Å². The Bertz CT molecular complexity index is 502. The normalized spacial score (nSPS) is 22.6. The zero-order chi connectivity index (χ0) is 13.9. The Balaban J connectivity index is 1.86. The van der Waals surface area contributed by atoms with E-state index in [1.807, 2.05) is 18.4 Å². The third-order valence-corrected chi connectivity index (χ3v) is 3.87. The lowest BCUT2D eigenvalue weighted by Gasteiger charge is -2.20. The number of ether oxygens (including phenoxy) is 1. The van der Waals surface area contributed by atoms with Crippen molar-refractivity contribution in [2.75, 3.05) is 19.8 Å². The van der Waals surface area contributed by atoms with Crippen molar-refractivity contribution in [3.63, 3.8) is 0 Å². The Morgan fingerprint density at radius 3 is 3.11 bits per heavy atom. The van der Waals surface area contributed by atoms with Crippen LogP contribution >= 0.6 is 12.2 Å². The van der Waals surface area contributed by atoms with Gasteiger partial charge in [-0.15, -0.1) is 0 Å². The number of aromatic amines is 1. The van der Waals surface area contributed by atoms with Crippen LogP contribution in [0.3, 0.4) is 0 Å². The monoisotopic (exact) mass is 284 g/mol. The molecule has 1 aliphatic rings. The van der Waals surface area contributed by atoms with Gasteiger partial charge in [0.05, 0.1) is 12.0 Å². The number of rotatable bonds is 5. The maximum atomic E-state index is 12.1. The van der Waals surface area contributed by atoms with Gasteiger partial charge >= 0.3 is 0 Å². The quantitative estimate of drug-likeness (QED) is 0.793. The summed E-state index contributed by atoms with van der Waals surface area (Å²) in [4.78, 5) is 12.1. The summed E-state index contributed by atoms with van der Waals surface area (Å²) in [6.07, 6.45) is 1.45. The maximum Gasteiger partial charge on any atom is 0.228 e. The number of carbonyl (C=O) groups excluding carboxylic acids is 1. The second kappa shape index (κ2) is 5.83. The van der Waals surface area contributed by atoms with E-state index < -0.39 is 0 Å². The van der Waals surface area contributed by atoms with Crippen LogP contribution in [0, 0.1) is 10.2 Å². The lowest BCUT2D eigenvalue weighted by atomic mass is 9.89. The van der Waals surface area contributed by atoms with Gasteiger partial charge in [-0.25, -0.2) is 0 Å². The molecule has 2 heterocycles. The maximum absolute atomic E-state index is 12.1. The molecule has 1 amide bonds. The average molecular weight is 284 g/mol. The standard InChI is InChI=1S/C12H20N4O2S/c1-3-16-9(14-15-11(16)19)4-6-13-10(17)12(2)5-7-18-8-12/h3-8H2,1-2H3,(H,13,17)(H,15,19)/t12-/m1/s1. The summed E-state index contributed by atoms with van der Waals surface area (Å²) < 4.78 is 7.85. The first kappa shape index (κ1) is 14.2. The molecule has 0 aromatic carbocycles. The molecule has 0 saturated carbocycles. The average Bonchev–Trinajstić information content (AvgIpc) is 2.97. The molecule has 1 aromatic heterocycles. The summed E-state index contributed by atoms with van der Waals surface area (Å²) in [5.74, 6) is 0.933. The highest BCUT2D eigenvalue weighted by atomic mass is 32.1. The molecular formula is C12H20N4O2S. The number of hydrogen-bond acceptors (Lipinski definition) is 4. The lowest BCUT2D eigenvalue weighted by Crippen LogP contribution is -2.40. The topological polar surface area (TPSA) is 71.9 Å². The predicted molar refractivity (Wildman–Crippen MR) is 73.3 cm³/mol. The fourth-order valence-electron chi connectivity index (χ4n) is 2.21. The number of hydrogen-bond donors (Lipinski definition) is 2. The Labute approximate surface area is 117 Å². The number of aromatic nitrogens is 3. The van der Waals surface area contributed by atoms with Gasteiger partial charge in [-0.1, -0.05) is 0 Å². The van der Waals surface area contributed by atoms with Crippen LogP contribution in [0.4, 0.5) is 0 Å². The first-order valence-corrected chi connectivity index (χ1v) is 6.98. The van der Waals surface area contributed by atoms with E-state index in [-0.39, 0.29) is 11.3 Å². The first-order valence-electron chi connectivity index (χ1n) is 6.57. The van der Waals surface area contributed by atoms with Gasteiger partial charge in [0.25, 0.3) is 0 Å². The fraction of sp³-hybridized carbons (Fsp3) is 0.750. The van der Waals surface area contributed by atoms with Crippen molar-refractivity contribution in [1.29, 1.82) is 0 Å². The molecule has 0 aliphatic carbocycles. The number of H-pyrrole nitrogens is 1. The number of carbonyl (C=O) groups is 1. The van der Waals surface area contributed by atoms with Gasteiger partial charge in [0.15, 0.2) is 4.77 Å². The van der Waals surface area contributed by atoms with E-state index in [4.69, 9.17) is 17.0 Å². The van der Waals surface area contributed by atoms with Crippen molar-refractivity contribution < 1.29 is 9.53 Å². The molecule has 0 radical (unpaired) electrons. The van der Waals surface area contributed by atoms with Crippen LogP contribution in [0.2, 0.25) is 0 Å². The van der Waals surface area contributed by atoms with Gasteiger partial charge in [-0.3, -0.25) is 9.89 Å². The highest BCUT2D eigenvalue weighted by molar-refractivity contribution is 7.71. The minimum Gasteiger partial charge on any atom is -0.380 e. The number of amides is 1. The molecule has 1 aliphatic heterocycles. The van der Waals surface area contributed by atoms with E-state index in [0.717, 1.165) is 18.8 Å². The van der Waals surface area contributed by atoms with Gasteiger partial charge in [0.2, 0.25) is 5.91 Å². The van der Waals surface area contributed by atoms with E-state index in [1.165, 1.54) is 0 Å². The molecule has 6 nitrogen and oxygen atoms in total. The zero-order valence-electron chi connectivity index (χ0n) is 11.4. The molecule has 106 valence electrons. The minimum absolute atomic E-state index is 0.0576. The second-order valence-electron chi connectivity index (χ2n) is 5.06. The predicted octanol–water partition coefficient (Wildman–Crippen LogP) is 1.05. The summed E-state index contributed by atoms with van der Waals surface area (Å²) >= 11 is 5.12. The molecule has 1 atom stereocenters. The van der Waals surface area contributed by atoms with Crippen LogP contribution in [0.15, 0.2) is 0 Å². The largest absolute Gasteiger partial charge is 0.380 e. The summed E-state index contributed by atoms with van der Waals surface area (Å²) in [5.41, 5.74) is -0.379. The summed E-state index contributed by atoms with van der Waals surface area (Å²) in [7, 11) is 0. The summed E-state index contributed by atoms with van der Waals surface area (Å²) in [6.45, 7) is 6.48. The van der Waals surface area contributed by atoms with E-state index in [1.54, 1.807) is 0 Å². The van der Waals surface area contributed by atoms with Crippen LogP contribution in [0.1, 0.15) is 26.1 Å².